The molecule has 1 aromatic heterocycles. The van der Waals surface area contributed by atoms with E-state index in [2.05, 4.69) is 4.98 Å². The second-order valence-electron chi connectivity index (χ2n) is 3.65. The third-order valence-corrected chi connectivity index (χ3v) is 2.59. The quantitative estimate of drug-likeness (QED) is 0.697. The van der Waals surface area contributed by atoms with Crippen LogP contribution in [0, 0.1) is 17.5 Å². The van der Waals surface area contributed by atoms with Crippen LogP contribution < -0.4 is 0 Å². The number of nitrogens with one attached hydrogen (secondary N) is 1. The molecule has 0 aliphatic carbocycles. The van der Waals surface area contributed by atoms with Gasteiger partial charge in [0.2, 0.25) is 0 Å². The third kappa shape index (κ3) is 2.53. The van der Waals surface area contributed by atoms with Crippen molar-refractivity contribution >= 4 is 22.6 Å². The van der Waals surface area contributed by atoms with Gasteiger partial charge in [0.15, 0.2) is 5.78 Å². The number of aromatic amines is 1. The molecule has 0 atom stereocenters. The van der Waals surface area contributed by atoms with E-state index in [0.717, 1.165) is 12.3 Å². The van der Waals surface area contributed by atoms with E-state index in [4.69, 9.17) is 11.6 Å². The molecule has 1 heterocycles. The fraction of sp³-hybridized carbons (Fsp3) is 0. The molecule has 2 rings (SSSR count). The topological polar surface area (TPSA) is 49.9 Å². The van der Waals surface area contributed by atoms with Gasteiger partial charge in [-0.2, -0.15) is 0 Å². The van der Waals surface area contributed by atoms with Crippen LogP contribution in [0.25, 0.3) is 0 Å². The summed E-state index contributed by atoms with van der Waals surface area (Å²) in [5, 5.41) is -0.848. The van der Waals surface area contributed by atoms with Crippen molar-refractivity contribution in [2.45, 2.75) is 0 Å². The molecule has 0 aliphatic rings. The highest BCUT2D eigenvalue weighted by molar-refractivity contribution is 6.67. The number of rotatable bonds is 3. The van der Waals surface area contributed by atoms with Crippen LogP contribution in [0.15, 0.2) is 24.4 Å². The van der Waals surface area contributed by atoms with E-state index in [1.807, 2.05) is 0 Å². The minimum absolute atomic E-state index is 0.0899. The summed E-state index contributed by atoms with van der Waals surface area (Å²) < 4.78 is 39.5. The zero-order valence-corrected chi connectivity index (χ0v) is 9.89. The zero-order chi connectivity index (χ0) is 14.2. The normalized spacial score (nSPS) is 10.5. The zero-order valence-electron chi connectivity index (χ0n) is 9.14. The number of halogens is 4. The summed E-state index contributed by atoms with van der Waals surface area (Å²) in [4.78, 5) is 25.1. The van der Waals surface area contributed by atoms with Gasteiger partial charge in [-0.15, -0.1) is 0 Å². The summed E-state index contributed by atoms with van der Waals surface area (Å²) >= 11 is 5.17. The molecule has 0 aliphatic heterocycles. The molecule has 0 saturated heterocycles. The Morgan fingerprint density at radius 1 is 1.05 bits per heavy atom. The van der Waals surface area contributed by atoms with E-state index < -0.39 is 34.0 Å². The van der Waals surface area contributed by atoms with Crippen LogP contribution in [0.1, 0.15) is 26.4 Å². The molecule has 7 heteroatoms. The molecule has 2 aromatic rings. The Labute approximate surface area is 110 Å². The minimum Gasteiger partial charge on any atom is -0.357 e. The number of aromatic nitrogens is 1. The van der Waals surface area contributed by atoms with Crippen molar-refractivity contribution in [1.29, 1.82) is 0 Å². The van der Waals surface area contributed by atoms with Gasteiger partial charge in [-0.3, -0.25) is 9.59 Å². The first-order chi connectivity index (χ1) is 8.90. The lowest BCUT2D eigenvalue weighted by atomic mass is 10.0. The van der Waals surface area contributed by atoms with E-state index in [-0.39, 0.29) is 11.3 Å². The van der Waals surface area contributed by atoms with Gasteiger partial charge in [-0.25, -0.2) is 13.2 Å². The number of carbonyl (C=O) groups excluding carboxylic acids is 2. The highest BCUT2D eigenvalue weighted by Crippen LogP contribution is 2.19. The molecular formula is C12H5ClF3NO2. The molecule has 1 N–H and O–H groups in total. The smallest absolute Gasteiger partial charge is 0.268 e. The Morgan fingerprint density at radius 3 is 2.11 bits per heavy atom. The number of ketones is 1. The molecule has 3 nitrogen and oxygen atoms in total. The predicted octanol–water partition coefficient (Wildman–Crippen LogP) is 3.04. The second-order valence-corrected chi connectivity index (χ2v) is 3.99. The van der Waals surface area contributed by atoms with Gasteiger partial charge < -0.3 is 4.98 Å². The maximum atomic E-state index is 13.4. The molecule has 0 fully saturated rings. The highest BCUT2D eigenvalue weighted by Gasteiger charge is 2.22. The molecule has 0 spiro atoms. The molecule has 0 bridgehead atoms. The lowest BCUT2D eigenvalue weighted by Gasteiger charge is -2.02. The van der Waals surface area contributed by atoms with Crippen LogP contribution in [0.3, 0.4) is 0 Å². The first-order valence-electron chi connectivity index (χ1n) is 4.97. The monoisotopic (exact) mass is 287 g/mol. The van der Waals surface area contributed by atoms with Gasteiger partial charge >= 0.3 is 0 Å². The summed E-state index contributed by atoms with van der Waals surface area (Å²) in [6.45, 7) is 0. The minimum atomic E-state index is -1.32. The fourth-order valence-corrected chi connectivity index (χ4v) is 1.65. The van der Waals surface area contributed by atoms with Gasteiger partial charge in [0, 0.05) is 23.9 Å². The molecule has 0 amide bonds. The van der Waals surface area contributed by atoms with E-state index in [0.29, 0.717) is 12.1 Å². The van der Waals surface area contributed by atoms with Gasteiger partial charge in [-0.1, -0.05) is 0 Å². The molecule has 1 aromatic carbocycles. The van der Waals surface area contributed by atoms with Crippen LogP contribution in [0.2, 0.25) is 0 Å². The van der Waals surface area contributed by atoms with Crippen molar-refractivity contribution in [2.24, 2.45) is 0 Å². The summed E-state index contributed by atoms with van der Waals surface area (Å²) in [5.41, 5.74) is -1.14. The van der Waals surface area contributed by atoms with Crippen molar-refractivity contribution in [3.05, 3.63) is 58.7 Å². The maximum absolute atomic E-state index is 13.4. The average Bonchev–Trinajstić information content (AvgIpc) is 2.76. The molecule has 0 radical (unpaired) electrons. The lowest BCUT2D eigenvalue weighted by molar-refractivity contribution is 0.103. The Morgan fingerprint density at radius 2 is 1.63 bits per heavy atom. The van der Waals surface area contributed by atoms with E-state index in [9.17, 15) is 22.8 Å². The summed E-state index contributed by atoms with van der Waals surface area (Å²) in [6, 6.07) is 1.85. The average molecular weight is 288 g/mol. The largest absolute Gasteiger partial charge is 0.357 e. The summed E-state index contributed by atoms with van der Waals surface area (Å²) in [5.74, 6) is -4.78. The van der Waals surface area contributed by atoms with Gasteiger partial charge in [0.05, 0.1) is 11.3 Å². The van der Waals surface area contributed by atoms with Crippen LogP contribution in [-0.2, 0) is 0 Å². The van der Waals surface area contributed by atoms with Crippen LogP contribution >= 0.6 is 11.6 Å². The number of carbonyl (C=O) groups is 2. The van der Waals surface area contributed by atoms with Gasteiger partial charge in [-0.05, 0) is 17.7 Å². The Hall–Kier alpha value is -2.08. The van der Waals surface area contributed by atoms with Crippen LogP contribution in [0.5, 0.6) is 0 Å². The summed E-state index contributed by atoms with van der Waals surface area (Å²) in [6.07, 6.45) is 1.08. The fourth-order valence-electron chi connectivity index (χ4n) is 1.54. The molecule has 0 saturated carbocycles. The van der Waals surface area contributed by atoms with Gasteiger partial charge in [0.25, 0.3) is 5.24 Å². The van der Waals surface area contributed by atoms with E-state index in [1.54, 1.807) is 0 Å². The summed E-state index contributed by atoms with van der Waals surface area (Å²) in [7, 11) is 0. The number of H-pyrrole nitrogens is 1. The Kier molecular flexibility index (Phi) is 3.44. The molecular weight excluding hydrogens is 283 g/mol. The maximum Gasteiger partial charge on any atom is 0.268 e. The standard InChI is InChI=1S/C12H5ClF3NO2/c13-12(19)9-1-5(4-17-9)11(18)10-7(15)2-6(14)3-8(10)16/h1-4,17H. The number of hydrogen-bond acceptors (Lipinski definition) is 2. The van der Waals surface area contributed by atoms with E-state index in [1.165, 1.54) is 0 Å². The number of benzene rings is 1. The van der Waals surface area contributed by atoms with Crippen molar-refractivity contribution < 1.29 is 22.8 Å². The van der Waals surface area contributed by atoms with Gasteiger partial charge in [0.1, 0.15) is 17.5 Å². The van der Waals surface area contributed by atoms with Crippen molar-refractivity contribution in [3.63, 3.8) is 0 Å². The Bertz CT molecular complexity index is 658. The highest BCUT2D eigenvalue weighted by atomic mass is 35.5. The SMILES string of the molecule is O=C(Cl)c1cc(C(=O)c2c(F)cc(F)cc2F)c[nH]1. The first kappa shape index (κ1) is 13.4. The van der Waals surface area contributed by atoms with Crippen LogP contribution in [-0.4, -0.2) is 16.0 Å². The lowest BCUT2D eigenvalue weighted by Crippen LogP contribution is -2.07. The molecule has 98 valence electrons. The Balaban J connectivity index is 2.47. The second kappa shape index (κ2) is 4.89. The molecule has 0 unspecified atom stereocenters. The van der Waals surface area contributed by atoms with Crippen LogP contribution in [0.4, 0.5) is 13.2 Å². The van der Waals surface area contributed by atoms with Crippen molar-refractivity contribution in [1.82, 2.24) is 4.98 Å². The van der Waals surface area contributed by atoms with E-state index >= 15 is 0 Å². The number of hydrogen-bond donors (Lipinski definition) is 1. The van der Waals surface area contributed by atoms with Crippen molar-refractivity contribution in [3.8, 4) is 0 Å². The van der Waals surface area contributed by atoms with Crippen molar-refractivity contribution in [2.75, 3.05) is 0 Å². The predicted molar refractivity (Wildman–Crippen MR) is 60.7 cm³/mol. The third-order valence-electron chi connectivity index (χ3n) is 2.39. The molecule has 19 heavy (non-hydrogen) atoms. The first-order valence-corrected chi connectivity index (χ1v) is 5.35.